The van der Waals surface area contributed by atoms with Gasteiger partial charge in [-0.1, -0.05) is 12.1 Å². The number of fused-ring (bicyclic) bond motifs is 1. The standard InChI is InChI=1S/C27H31F3N4O5/c1-15(17-7-6-8-19(25(17)28)27(29,30)23-13-34(3)24(35)14-39-23)31-26-18-11-22(38-10-9-36-4)21(37-5)12-20(18)32-16(2)33-26/h6-8,11-12,15,23H,9-10,13-14H2,1-5H3,(H,31,32,33)/t15-,23?/m1/s1. The summed E-state index contributed by atoms with van der Waals surface area (Å²) in [6, 6.07) is 6.49. The van der Waals surface area contributed by atoms with Crippen molar-refractivity contribution in [1.29, 1.82) is 0 Å². The van der Waals surface area contributed by atoms with Gasteiger partial charge in [-0.05, 0) is 26.0 Å². The number of benzene rings is 2. The van der Waals surface area contributed by atoms with Crippen LogP contribution >= 0.6 is 0 Å². The molecule has 3 aromatic rings. The molecule has 1 aliphatic rings. The molecular weight excluding hydrogens is 517 g/mol. The fourth-order valence-corrected chi connectivity index (χ4v) is 4.37. The monoisotopic (exact) mass is 548 g/mol. The zero-order valence-corrected chi connectivity index (χ0v) is 22.4. The molecule has 39 heavy (non-hydrogen) atoms. The lowest BCUT2D eigenvalue weighted by molar-refractivity contribution is -0.183. The van der Waals surface area contributed by atoms with Gasteiger partial charge in [-0.15, -0.1) is 0 Å². The number of alkyl halides is 2. The number of anilines is 1. The van der Waals surface area contributed by atoms with Gasteiger partial charge in [0, 0.05) is 31.2 Å². The lowest BCUT2D eigenvalue weighted by atomic mass is 9.96. The molecule has 0 spiro atoms. The van der Waals surface area contributed by atoms with Gasteiger partial charge in [0.1, 0.15) is 36.8 Å². The van der Waals surface area contributed by atoms with Crippen molar-refractivity contribution in [2.24, 2.45) is 0 Å². The third-order valence-electron chi connectivity index (χ3n) is 6.52. The number of hydrogen-bond acceptors (Lipinski definition) is 8. The summed E-state index contributed by atoms with van der Waals surface area (Å²) in [4.78, 5) is 21.8. The smallest absolute Gasteiger partial charge is 0.303 e. The summed E-state index contributed by atoms with van der Waals surface area (Å²) in [6.45, 7) is 3.16. The summed E-state index contributed by atoms with van der Waals surface area (Å²) >= 11 is 0. The van der Waals surface area contributed by atoms with E-state index in [2.05, 4.69) is 15.3 Å². The molecule has 12 heteroatoms. The van der Waals surface area contributed by atoms with Gasteiger partial charge in [0.2, 0.25) is 5.91 Å². The minimum atomic E-state index is -3.67. The molecule has 210 valence electrons. The molecule has 2 aromatic carbocycles. The molecule has 1 saturated heterocycles. The highest BCUT2D eigenvalue weighted by molar-refractivity contribution is 5.92. The molecule has 2 heterocycles. The molecule has 2 atom stereocenters. The van der Waals surface area contributed by atoms with Gasteiger partial charge in [0.05, 0.1) is 37.4 Å². The Morgan fingerprint density at radius 2 is 1.97 bits per heavy atom. The number of nitrogens with zero attached hydrogens (tertiary/aromatic N) is 3. The molecule has 0 radical (unpaired) electrons. The number of carbonyl (C=O) groups is 1. The van der Waals surface area contributed by atoms with Crippen molar-refractivity contribution in [3.05, 3.63) is 53.1 Å². The Morgan fingerprint density at radius 1 is 1.21 bits per heavy atom. The second-order valence-electron chi connectivity index (χ2n) is 9.25. The average molecular weight is 549 g/mol. The molecule has 1 aromatic heterocycles. The normalized spacial score (nSPS) is 16.9. The number of methoxy groups -OCH3 is 2. The number of rotatable bonds is 10. The number of likely N-dealkylation sites (N-methyl/N-ethyl adjacent to an activating group) is 1. The lowest BCUT2D eigenvalue weighted by Crippen LogP contribution is -2.51. The lowest BCUT2D eigenvalue weighted by Gasteiger charge is -2.35. The third-order valence-corrected chi connectivity index (χ3v) is 6.52. The van der Waals surface area contributed by atoms with Crippen molar-refractivity contribution in [2.75, 3.05) is 52.9 Å². The zero-order valence-electron chi connectivity index (χ0n) is 22.4. The van der Waals surface area contributed by atoms with E-state index in [0.717, 1.165) is 11.0 Å². The number of aryl methyl sites for hydroxylation is 1. The molecule has 4 rings (SSSR count). The van der Waals surface area contributed by atoms with Crippen molar-refractivity contribution in [3.8, 4) is 11.5 Å². The van der Waals surface area contributed by atoms with Crippen LogP contribution in [0.1, 0.15) is 29.9 Å². The van der Waals surface area contributed by atoms with Crippen LogP contribution < -0.4 is 14.8 Å². The topological polar surface area (TPSA) is 95.0 Å². The number of morpholine rings is 1. The van der Waals surface area contributed by atoms with Crippen LogP contribution in [0.2, 0.25) is 0 Å². The number of nitrogens with one attached hydrogen (secondary N) is 1. The van der Waals surface area contributed by atoms with E-state index in [1.54, 1.807) is 33.1 Å². The van der Waals surface area contributed by atoms with Gasteiger partial charge in [-0.3, -0.25) is 4.79 Å². The molecule has 1 amide bonds. The summed E-state index contributed by atoms with van der Waals surface area (Å²) in [7, 11) is 4.48. The Morgan fingerprint density at radius 3 is 2.67 bits per heavy atom. The van der Waals surface area contributed by atoms with Crippen LogP contribution in [0.25, 0.3) is 10.9 Å². The van der Waals surface area contributed by atoms with Crippen LogP contribution in [0, 0.1) is 12.7 Å². The van der Waals surface area contributed by atoms with Crippen molar-refractivity contribution < 1.29 is 36.9 Å². The molecule has 1 N–H and O–H groups in total. The molecule has 0 saturated carbocycles. The number of amides is 1. The van der Waals surface area contributed by atoms with Crippen LogP contribution in [-0.2, 0) is 20.2 Å². The van der Waals surface area contributed by atoms with Crippen molar-refractivity contribution in [2.45, 2.75) is 31.9 Å². The second kappa shape index (κ2) is 11.6. The van der Waals surface area contributed by atoms with E-state index in [4.69, 9.17) is 18.9 Å². The predicted molar refractivity (Wildman–Crippen MR) is 138 cm³/mol. The van der Waals surface area contributed by atoms with Gasteiger partial charge >= 0.3 is 5.92 Å². The largest absolute Gasteiger partial charge is 0.493 e. The van der Waals surface area contributed by atoms with Crippen LogP contribution in [0.3, 0.4) is 0 Å². The fourth-order valence-electron chi connectivity index (χ4n) is 4.37. The van der Waals surface area contributed by atoms with Crippen LogP contribution in [-0.4, -0.2) is 74.5 Å². The highest BCUT2D eigenvalue weighted by Crippen LogP contribution is 2.39. The Balaban J connectivity index is 1.66. The van der Waals surface area contributed by atoms with E-state index >= 15 is 13.2 Å². The molecule has 1 unspecified atom stereocenters. The summed E-state index contributed by atoms with van der Waals surface area (Å²) in [5.74, 6) is -3.42. The maximum absolute atomic E-state index is 15.6. The zero-order chi connectivity index (χ0) is 28.3. The third kappa shape index (κ3) is 5.86. The number of halogens is 3. The van der Waals surface area contributed by atoms with E-state index in [9.17, 15) is 4.79 Å². The van der Waals surface area contributed by atoms with Crippen molar-refractivity contribution >= 4 is 22.6 Å². The van der Waals surface area contributed by atoms with Crippen LogP contribution in [0.4, 0.5) is 19.0 Å². The van der Waals surface area contributed by atoms with Gasteiger partial charge in [0.15, 0.2) is 11.5 Å². The number of carbonyl (C=O) groups excluding carboxylic acids is 1. The van der Waals surface area contributed by atoms with E-state index in [1.165, 1.54) is 26.3 Å². The average Bonchev–Trinajstić information content (AvgIpc) is 2.90. The Labute approximate surface area is 224 Å². The first kappa shape index (κ1) is 28.4. The predicted octanol–water partition coefficient (Wildman–Crippen LogP) is 4.23. The van der Waals surface area contributed by atoms with Crippen molar-refractivity contribution in [1.82, 2.24) is 14.9 Å². The maximum atomic E-state index is 15.6. The highest BCUT2D eigenvalue weighted by atomic mass is 19.3. The van der Waals surface area contributed by atoms with Gasteiger partial charge < -0.3 is 29.2 Å². The second-order valence-corrected chi connectivity index (χ2v) is 9.25. The first-order chi connectivity index (χ1) is 18.6. The maximum Gasteiger partial charge on any atom is 0.303 e. The Kier molecular flexibility index (Phi) is 8.45. The summed E-state index contributed by atoms with van der Waals surface area (Å²) in [5.41, 5.74) is -0.229. The number of ether oxygens (including phenoxy) is 4. The number of aromatic nitrogens is 2. The van der Waals surface area contributed by atoms with E-state index in [1.807, 2.05) is 0 Å². The SMILES string of the molecule is COCCOc1cc2c(N[C@H](C)c3cccc(C(F)(F)C4CN(C)C(=O)CO4)c3F)nc(C)nc2cc1OC. The summed E-state index contributed by atoms with van der Waals surface area (Å²) < 4.78 is 67.8. The Bertz CT molecular complexity index is 1360. The van der Waals surface area contributed by atoms with E-state index in [0.29, 0.717) is 40.7 Å². The van der Waals surface area contributed by atoms with Gasteiger partial charge in [-0.2, -0.15) is 8.78 Å². The molecular formula is C27H31F3N4O5. The summed E-state index contributed by atoms with van der Waals surface area (Å²) in [5, 5.41) is 3.72. The first-order valence-corrected chi connectivity index (χ1v) is 12.3. The minimum absolute atomic E-state index is 0.0157. The van der Waals surface area contributed by atoms with Gasteiger partial charge in [0.25, 0.3) is 0 Å². The van der Waals surface area contributed by atoms with Crippen LogP contribution in [0.5, 0.6) is 11.5 Å². The fraction of sp³-hybridized carbons (Fsp3) is 0.444. The summed E-state index contributed by atoms with van der Waals surface area (Å²) in [6.07, 6.45) is -1.67. The van der Waals surface area contributed by atoms with Gasteiger partial charge in [-0.25, -0.2) is 14.4 Å². The van der Waals surface area contributed by atoms with Crippen LogP contribution in [0.15, 0.2) is 30.3 Å². The Hall–Kier alpha value is -3.64. The minimum Gasteiger partial charge on any atom is -0.493 e. The molecule has 9 nitrogen and oxygen atoms in total. The number of hydrogen-bond donors (Lipinski definition) is 1. The van der Waals surface area contributed by atoms with E-state index < -0.39 is 42.0 Å². The molecule has 0 bridgehead atoms. The molecule has 1 aliphatic heterocycles. The van der Waals surface area contributed by atoms with Crippen molar-refractivity contribution in [3.63, 3.8) is 0 Å². The highest BCUT2D eigenvalue weighted by Gasteiger charge is 2.47. The van der Waals surface area contributed by atoms with E-state index in [-0.39, 0.29) is 18.7 Å². The first-order valence-electron chi connectivity index (χ1n) is 12.3. The molecule has 1 fully saturated rings. The molecule has 0 aliphatic carbocycles. The quantitative estimate of drug-likeness (QED) is 0.376.